The molecule has 0 aliphatic heterocycles. The summed E-state index contributed by atoms with van der Waals surface area (Å²) in [5.74, 6) is -0.560. The number of benzene rings is 2. The monoisotopic (exact) mass is 472 g/mol. The van der Waals surface area contributed by atoms with Gasteiger partial charge in [0.1, 0.15) is 5.00 Å². The van der Waals surface area contributed by atoms with E-state index in [1.54, 1.807) is 43.5 Å². The first kappa shape index (κ1) is 22.1. The van der Waals surface area contributed by atoms with Gasteiger partial charge in [-0.25, -0.2) is 14.4 Å². The van der Waals surface area contributed by atoms with Gasteiger partial charge >= 0.3 is 5.97 Å². The van der Waals surface area contributed by atoms with Gasteiger partial charge in [-0.1, -0.05) is 36.4 Å². The van der Waals surface area contributed by atoms with E-state index in [1.165, 1.54) is 20.8 Å². The fourth-order valence-corrected chi connectivity index (χ4v) is 5.71. The number of hydrogen-bond acceptors (Lipinski definition) is 6. The van der Waals surface area contributed by atoms with Gasteiger partial charge in [-0.2, -0.15) is 0 Å². The smallest absolute Gasteiger partial charge is 0.341 e. The molecule has 172 valence electrons. The zero-order valence-electron chi connectivity index (χ0n) is 18.8. The molecule has 2 aromatic carbocycles. The molecular formula is C27H24N2O4S. The highest BCUT2D eigenvalue weighted by molar-refractivity contribution is 7.16. The van der Waals surface area contributed by atoms with Crippen LogP contribution >= 0.6 is 11.3 Å². The lowest BCUT2D eigenvalue weighted by Crippen LogP contribution is -2.20. The second kappa shape index (κ2) is 9.27. The minimum atomic E-state index is -0.364. The largest absolute Gasteiger partial charge is 0.494 e. The van der Waals surface area contributed by atoms with Gasteiger partial charge < -0.3 is 9.84 Å². The molecule has 0 saturated heterocycles. The van der Waals surface area contributed by atoms with Crippen molar-refractivity contribution >= 4 is 39.3 Å². The lowest BCUT2D eigenvalue weighted by atomic mass is 9.95. The van der Waals surface area contributed by atoms with Crippen molar-refractivity contribution in [3.63, 3.8) is 0 Å². The fraction of sp³-hybridized carbons (Fsp3) is 0.222. The number of aromatic nitrogens is 1. The molecule has 0 fully saturated rings. The van der Waals surface area contributed by atoms with Crippen LogP contribution in [0.15, 0.2) is 64.4 Å². The normalized spacial score (nSPS) is 13.3. The van der Waals surface area contributed by atoms with E-state index in [-0.39, 0.29) is 17.4 Å². The maximum absolute atomic E-state index is 13.2. The zero-order valence-corrected chi connectivity index (χ0v) is 19.6. The van der Waals surface area contributed by atoms with E-state index < -0.39 is 0 Å². The van der Waals surface area contributed by atoms with Crippen LogP contribution in [0.25, 0.3) is 16.5 Å². The number of aromatic hydroxyl groups is 1. The molecule has 6 nitrogen and oxygen atoms in total. The Labute approximate surface area is 200 Å². The first-order valence-corrected chi connectivity index (χ1v) is 12.2. The van der Waals surface area contributed by atoms with E-state index in [0.717, 1.165) is 31.2 Å². The Kier molecular flexibility index (Phi) is 6.02. The standard InChI is InChI=1S/C27H24N2O4S/c1-2-33-27(32)23-20-14-8-9-15-22(20)34-24(23)28-16-21-18-12-6-7-13-19(18)25(30)29(26(21)31)17-10-4-3-5-11-17/h3-7,10-13,16,31H,2,8-9,14-15H2,1H3. The molecule has 4 aromatic rings. The average molecular weight is 473 g/mol. The minimum absolute atomic E-state index is 0.197. The first-order valence-electron chi connectivity index (χ1n) is 11.4. The Morgan fingerprint density at radius 1 is 1.09 bits per heavy atom. The molecule has 1 N–H and O–H groups in total. The zero-order chi connectivity index (χ0) is 23.7. The molecule has 0 radical (unpaired) electrons. The number of carbonyl (C=O) groups is 1. The van der Waals surface area contributed by atoms with Crippen LogP contribution in [0.3, 0.4) is 0 Å². The van der Waals surface area contributed by atoms with Crippen LogP contribution in [0.2, 0.25) is 0 Å². The molecule has 0 unspecified atom stereocenters. The summed E-state index contributed by atoms with van der Waals surface area (Å²) in [6, 6.07) is 16.2. The summed E-state index contributed by atoms with van der Waals surface area (Å²) in [6.07, 6.45) is 5.44. The number of thiophene rings is 1. The van der Waals surface area contributed by atoms with Crippen LogP contribution < -0.4 is 5.56 Å². The Balaban J connectivity index is 1.70. The Bertz CT molecular complexity index is 1470. The van der Waals surface area contributed by atoms with E-state index in [4.69, 9.17) is 4.74 Å². The predicted octanol–water partition coefficient (Wildman–Crippen LogP) is 5.56. The molecule has 0 atom stereocenters. The van der Waals surface area contributed by atoms with Gasteiger partial charge in [0, 0.05) is 21.9 Å². The van der Waals surface area contributed by atoms with Crippen LogP contribution in [0.4, 0.5) is 5.00 Å². The first-order chi connectivity index (χ1) is 16.6. The number of rotatable bonds is 5. The van der Waals surface area contributed by atoms with E-state index in [0.29, 0.717) is 39.2 Å². The number of aryl methyl sites for hydroxylation is 1. The number of esters is 1. The summed E-state index contributed by atoms with van der Waals surface area (Å²) in [4.78, 5) is 31.9. The van der Waals surface area contributed by atoms with Crippen LogP contribution in [0.5, 0.6) is 5.88 Å². The molecule has 0 amide bonds. The van der Waals surface area contributed by atoms with Crippen molar-refractivity contribution in [2.24, 2.45) is 4.99 Å². The van der Waals surface area contributed by atoms with E-state index in [9.17, 15) is 14.7 Å². The van der Waals surface area contributed by atoms with Crippen molar-refractivity contribution in [2.45, 2.75) is 32.6 Å². The number of para-hydroxylation sites is 1. The van der Waals surface area contributed by atoms with Gasteiger partial charge in [0.15, 0.2) is 0 Å². The van der Waals surface area contributed by atoms with Crippen molar-refractivity contribution in [3.05, 3.63) is 86.5 Å². The molecule has 2 heterocycles. The molecule has 1 aliphatic rings. The molecule has 2 aromatic heterocycles. The maximum atomic E-state index is 13.2. The summed E-state index contributed by atoms with van der Waals surface area (Å²) in [5.41, 5.74) is 2.22. The molecule has 0 spiro atoms. The highest BCUT2D eigenvalue weighted by atomic mass is 32.1. The number of hydrogen-bond donors (Lipinski definition) is 1. The van der Waals surface area contributed by atoms with Crippen LogP contribution in [0.1, 0.15) is 46.1 Å². The number of ether oxygens (including phenoxy) is 1. The summed E-state index contributed by atoms with van der Waals surface area (Å²) in [6.45, 7) is 2.08. The van der Waals surface area contributed by atoms with Gasteiger partial charge in [-0.3, -0.25) is 4.79 Å². The predicted molar refractivity (Wildman–Crippen MR) is 135 cm³/mol. The second-order valence-corrected chi connectivity index (χ2v) is 9.21. The van der Waals surface area contributed by atoms with Crippen molar-refractivity contribution in [1.29, 1.82) is 0 Å². The third kappa shape index (κ3) is 3.82. The Morgan fingerprint density at radius 2 is 1.79 bits per heavy atom. The Morgan fingerprint density at radius 3 is 2.56 bits per heavy atom. The molecule has 0 saturated carbocycles. The topological polar surface area (TPSA) is 80.9 Å². The summed E-state index contributed by atoms with van der Waals surface area (Å²) in [7, 11) is 0. The second-order valence-electron chi connectivity index (χ2n) is 8.13. The van der Waals surface area contributed by atoms with Crippen LogP contribution in [0, 0.1) is 0 Å². The van der Waals surface area contributed by atoms with Gasteiger partial charge in [0.05, 0.1) is 23.4 Å². The summed E-state index contributed by atoms with van der Waals surface area (Å²) < 4.78 is 6.62. The van der Waals surface area contributed by atoms with Crippen LogP contribution in [-0.4, -0.2) is 28.5 Å². The number of nitrogens with zero attached hydrogens (tertiary/aromatic N) is 2. The van der Waals surface area contributed by atoms with E-state index >= 15 is 0 Å². The van der Waals surface area contributed by atoms with E-state index in [1.807, 2.05) is 24.3 Å². The number of aliphatic imine (C=N–C) groups is 1. The SMILES string of the molecule is CCOC(=O)c1c(N=Cc2c(O)n(-c3ccccc3)c(=O)c3ccccc23)sc2c1CCCC2. The molecule has 5 rings (SSSR count). The Hall–Kier alpha value is -3.71. The van der Waals surface area contributed by atoms with E-state index in [2.05, 4.69) is 4.99 Å². The molecule has 7 heteroatoms. The van der Waals surface area contributed by atoms with Gasteiger partial charge in [-0.05, 0) is 56.4 Å². The van der Waals surface area contributed by atoms with Gasteiger partial charge in [0.2, 0.25) is 5.88 Å². The molecule has 1 aliphatic carbocycles. The lowest BCUT2D eigenvalue weighted by molar-refractivity contribution is 0.0526. The maximum Gasteiger partial charge on any atom is 0.341 e. The third-order valence-corrected chi connectivity index (χ3v) is 7.26. The molecule has 34 heavy (non-hydrogen) atoms. The quantitative estimate of drug-likeness (QED) is 0.304. The van der Waals surface area contributed by atoms with Crippen molar-refractivity contribution in [2.75, 3.05) is 6.61 Å². The number of carbonyl (C=O) groups excluding carboxylic acids is 1. The van der Waals surface area contributed by atoms with Crippen LogP contribution in [-0.2, 0) is 17.6 Å². The molecule has 0 bridgehead atoms. The fourth-order valence-electron chi connectivity index (χ4n) is 4.49. The van der Waals surface area contributed by atoms with Crippen molar-refractivity contribution in [3.8, 4) is 11.6 Å². The highest BCUT2D eigenvalue weighted by Gasteiger charge is 2.26. The van der Waals surface area contributed by atoms with Gasteiger partial charge in [-0.15, -0.1) is 11.3 Å². The average Bonchev–Trinajstić information content (AvgIpc) is 3.23. The molecular weight excluding hydrogens is 448 g/mol. The number of fused-ring (bicyclic) bond motifs is 2. The lowest BCUT2D eigenvalue weighted by Gasteiger charge is -2.13. The third-order valence-electron chi connectivity index (χ3n) is 6.06. The number of pyridine rings is 1. The highest BCUT2D eigenvalue weighted by Crippen LogP contribution is 2.40. The van der Waals surface area contributed by atoms with Crippen molar-refractivity contribution < 1.29 is 14.6 Å². The summed E-state index contributed by atoms with van der Waals surface area (Å²) in [5, 5.41) is 12.9. The van der Waals surface area contributed by atoms with Crippen molar-refractivity contribution in [1.82, 2.24) is 4.57 Å². The van der Waals surface area contributed by atoms with Gasteiger partial charge in [0.25, 0.3) is 5.56 Å². The minimum Gasteiger partial charge on any atom is -0.494 e. The summed E-state index contributed by atoms with van der Waals surface area (Å²) >= 11 is 1.50.